The van der Waals surface area contributed by atoms with Gasteiger partial charge in [0.05, 0.1) is 12.7 Å². The second kappa shape index (κ2) is 13.7. The first kappa shape index (κ1) is 23.8. The number of hydrazine groups is 1. The molecule has 30 heavy (non-hydrogen) atoms. The molecule has 0 spiro atoms. The van der Waals surface area contributed by atoms with Gasteiger partial charge in [0, 0.05) is 18.2 Å². The van der Waals surface area contributed by atoms with Crippen molar-refractivity contribution in [2.24, 2.45) is 5.92 Å². The number of aliphatic hydroxyl groups is 1. The molecule has 0 aromatic heterocycles. The molecule has 0 heterocycles. The van der Waals surface area contributed by atoms with E-state index in [1.807, 2.05) is 60.7 Å². The fraction of sp³-hybridized carbons (Fsp3) is 0.391. The van der Waals surface area contributed by atoms with Crippen LogP contribution in [0.5, 0.6) is 0 Å². The average molecular weight is 430 g/mol. The number of hydrogen-bond acceptors (Lipinski definition) is 4. The van der Waals surface area contributed by atoms with E-state index < -0.39 is 12.0 Å². The van der Waals surface area contributed by atoms with Crippen LogP contribution in [0.2, 0.25) is 0 Å². The van der Waals surface area contributed by atoms with E-state index in [0.29, 0.717) is 19.4 Å². The third-order valence-electron chi connectivity index (χ3n) is 4.54. The molecule has 0 radical (unpaired) electrons. The van der Waals surface area contributed by atoms with Gasteiger partial charge in [0.15, 0.2) is 5.11 Å². The van der Waals surface area contributed by atoms with Gasteiger partial charge in [-0.2, -0.15) is 0 Å². The maximum absolute atomic E-state index is 12.8. The monoisotopic (exact) mass is 429 g/mol. The van der Waals surface area contributed by atoms with Gasteiger partial charge < -0.3 is 15.2 Å². The number of carbonyl (C=O) groups excluding carboxylic acids is 1. The van der Waals surface area contributed by atoms with Gasteiger partial charge in [-0.05, 0) is 49.2 Å². The molecule has 2 rings (SSSR count). The zero-order chi connectivity index (χ0) is 21.6. The lowest BCUT2D eigenvalue weighted by molar-refractivity contribution is -0.127. The number of benzene rings is 2. The molecule has 0 saturated heterocycles. The number of rotatable bonds is 11. The molecule has 0 saturated carbocycles. The molecule has 6 nitrogen and oxygen atoms in total. The van der Waals surface area contributed by atoms with E-state index in [-0.39, 0.29) is 17.6 Å². The largest absolute Gasteiger partial charge is 0.391 e. The number of hydrogen-bond donors (Lipinski definition) is 4. The van der Waals surface area contributed by atoms with E-state index >= 15 is 0 Å². The third kappa shape index (κ3) is 9.35. The van der Waals surface area contributed by atoms with E-state index in [4.69, 9.17) is 17.0 Å². The fourth-order valence-corrected chi connectivity index (χ4v) is 3.12. The second-order valence-electron chi connectivity index (χ2n) is 7.14. The summed E-state index contributed by atoms with van der Waals surface area (Å²) < 4.78 is 5.50. The van der Waals surface area contributed by atoms with Crippen molar-refractivity contribution in [1.82, 2.24) is 10.9 Å². The number of para-hydroxylation sites is 1. The van der Waals surface area contributed by atoms with Crippen molar-refractivity contribution in [3.05, 3.63) is 66.2 Å². The van der Waals surface area contributed by atoms with Gasteiger partial charge >= 0.3 is 0 Å². The van der Waals surface area contributed by atoms with Crippen molar-refractivity contribution >= 4 is 28.9 Å². The molecule has 2 aromatic carbocycles. The highest BCUT2D eigenvalue weighted by molar-refractivity contribution is 7.80. The summed E-state index contributed by atoms with van der Waals surface area (Å²) in [5.41, 5.74) is 7.25. The van der Waals surface area contributed by atoms with Crippen molar-refractivity contribution in [2.45, 2.75) is 38.7 Å². The maximum atomic E-state index is 12.8. The van der Waals surface area contributed by atoms with Crippen LogP contribution in [0.25, 0.3) is 0 Å². The highest BCUT2D eigenvalue weighted by Gasteiger charge is 2.23. The minimum absolute atomic E-state index is 0.222. The molecule has 2 aromatic rings. The van der Waals surface area contributed by atoms with Crippen LogP contribution >= 0.6 is 12.2 Å². The van der Waals surface area contributed by atoms with Crippen LogP contribution in [-0.4, -0.2) is 35.4 Å². The number of carbonyl (C=O) groups is 1. The summed E-state index contributed by atoms with van der Waals surface area (Å²) in [7, 11) is 0. The van der Waals surface area contributed by atoms with Gasteiger partial charge in [-0.25, -0.2) is 0 Å². The van der Waals surface area contributed by atoms with Crippen LogP contribution < -0.4 is 16.2 Å². The number of anilines is 1. The lowest BCUT2D eigenvalue weighted by Crippen LogP contribution is -2.47. The molecule has 162 valence electrons. The van der Waals surface area contributed by atoms with E-state index in [1.54, 1.807) is 0 Å². The van der Waals surface area contributed by atoms with Crippen LogP contribution in [0.4, 0.5) is 5.69 Å². The van der Waals surface area contributed by atoms with Crippen LogP contribution in [0, 0.1) is 5.92 Å². The third-order valence-corrected chi connectivity index (χ3v) is 4.74. The summed E-state index contributed by atoms with van der Waals surface area (Å²) in [6.07, 6.45) is 2.09. The highest BCUT2D eigenvalue weighted by Crippen LogP contribution is 2.15. The Kier molecular flexibility index (Phi) is 10.9. The number of ether oxygens (including phenoxy) is 1. The molecule has 2 atom stereocenters. The zero-order valence-corrected chi connectivity index (χ0v) is 18.2. The Morgan fingerprint density at radius 2 is 1.73 bits per heavy atom. The Bertz CT molecular complexity index is 759. The first-order valence-corrected chi connectivity index (χ1v) is 10.7. The summed E-state index contributed by atoms with van der Waals surface area (Å²) in [5, 5.41) is 13.6. The van der Waals surface area contributed by atoms with Crippen LogP contribution in [0.15, 0.2) is 60.7 Å². The van der Waals surface area contributed by atoms with Gasteiger partial charge in [-0.15, -0.1) is 0 Å². The summed E-state index contributed by atoms with van der Waals surface area (Å²) >= 11 is 5.23. The quantitative estimate of drug-likeness (QED) is 0.249. The maximum Gasteiger partial charge on any atom is 0.241 e. The Labute approximate surface area is 184 Å². The predicted octanol–water partition coefficient (Wildman–Crippen LogP) is 3.43. The second-order valence-corrected chi connectivity index (χ2v) is 7.55. The lowest BCUT2D eigenvalue weighted by Gasteiger charge is -2.21. The summed E-state index contributed by atoms with van der Waals surface area (Å²) in [5.74, 6) is -0.659. The van der Waals surface area contributed by atoms with Crippen LogP contribution in [0.3, 0.4) is 0 Å². The van der Waals surface area contributed by atoms with Gasteiger partial charge in [0.25, 0.3) is 0 Å². The minimum Gasteiger partial charge on any atom is -0.391 e. The molecule has 7 heteroatoms. The van der Waals surface area contributed by atoms with E-state index in [2.05, 4.69) is 23.1 Å². The first-order valence-electron chi connectivity index (χ1n) is 10.3. The molecule has 0 aliphatic carbocycles. The lowest BCUT2D eigenvalue weighted by atomic mass is 9.93. The summed E-state index contributed by atoms with van der Waals surface area (Å²) in [6.45, 7) is 2.92. The predicted molar refractivity (Wildman–Crippen MR) is 124 cm³/mol. The van der Waals surface area contributed by atoms with Crippen molar-refractivity contribution in [3.63, 3.8) is 0 Å². The molecule has 4 N–H and O–H groups in total. The number of thiocarbonyl (C=S) groups is 1. The van der Waals surface area contributed by atoms with Crippen molar-refractivity contribution in [2.75, 3.05) is 18.5 Å². The Morgan fingerprint density at radius 3 is 2.40 bits per heavy atom. The van der Waals surface area contributed by atoms with E-state index in [9.17, 15) is 9.90 Å². The Morgan fingerprint density at radius 1 is 1.07 bits per heavy atom. The molecule has 0 unspecified atom stereocenters. The van der Waals surface area contributed by atoms with Crippen molar-refractivity contribution in [3.8, 4) is 0 Å². The normalized spacial score (nSPS) is 12.6. The average Bonchev–Trinajstić information content (AvgIpc) is 2.76. The van der Waals surface area contributed by atoms with Gasteiger partial charge in [-0.3, -0.25) is 15.6 Å². The molecule has 0 aliphatic heterocycles. The number of amides is 1. The first-order chi connectivity index (χ1) is 14.6. The number of aliphatic hydroxyl groups excluding tert-OH is 1. The van der Waals surface area contributed by atoms with Crippen molar-refractivity contribution < 1.29 is 14.6 Å². The Balaban J connectivity index is 1.89. The van der Waals surface area contributed by atoms with Gasteiger partial charge in [0.1, 0.15) is 0 Å². The molecular formula is C23H31N3O3S. The summed E-state index contributed by atoms with van der Waals surface area (Å²) in [4.78, 5) is 12.8. The molecule has 0 bridgehead atoms. The van der Waals surface area contributed by atoms with Crippen molar-refractivity contribution in [1.29, 1.82) is 0 Å². The number of nitrogens with one attached hydrogen (secondary N) is 3. The van der Waals surface area contributed by atoms with E-state index in [0.717, 1.165) is 24.1 Å². The van der Waals surface area contributed by atoms with E-state index in [1.165, 1.54) is 0 Å². The molecule has 0 aliphatic rings. The molecule has 0 fully saturated rings. The fourth-order valence-electron chi connectivity index (χ4n) is 2.95. The van der Waals surface area contributed by atoms with Crippen LogP contribution in [-0.2, 0) is 16.0 Å². The van der Waals surface area contributed by atoms with Gasteiger partial charge in [0.2, 0.25) is 5.91 Å². The van der Waals surface area contributed by atoms with Gasteiger partial charge in [-0.1, -0.05) is 61.9 Å². The standard InChI is InChI=1S/C23H31N3O3S/c1-2-3-14-29-17-21(27)16-19(15-18-10-6-4-7-11-18)22(28)25-26-23(30)24-20-12-8-5-9-13-20/h4-13,19,21,27H,2-3,14-17H2,1H3,(H,25,28)(H2,24,26,30)/t19-,21+/m0/s1. The number of unbranched alkanes of at least 4 members (excludes halogenated alkanes) is 1. The Hall–Kier alpha value is -2.48. The minimum atomic E-state index is -0.712. The SMILES string of the molecule is CCCCOC[C@H](O)C[C@H](Cc1ccccc1)C(=O)NNC(=S)Nc1ccccc1. The summed E-state index contributed by atoms with van der Waals surface area (Å²) in [6, 6.07) is 19.2. The highest BCUT2D eigenvalue weighted by atomic mass is 32.1. The molecule has 1 amide bonds. The zero-order valence-electron chi connectivity index (χ0n) is 17.3. The topological polar surface area (TPSA) is 82.6 Å². The smallest absolute Gasteiger partial charge is 0.241 e. The molecular weight excluding hydrogens is 398 g/mol. The van der Waals surface area contributed by atoms with Crippen LogP contribution in [0.1, 0.15) is 31.7 Å².